The first-order valence-electron chi connectivity index (χ1n) is 8.25. The molecule has 7 nitrogen and oxygen atoms in total. The van der Waals surface area contributed by atoms with Gasteiger partial charge in [0.15, 0.2) is 12.4 Å². The summed E-state index contributed by atoms with van der Waals surface area (Å²) < 4.78 is 11.5. The monoisotopic (exact) mass is 489 g/mol. The Balaban J connectivity index is 1.44. The fourth-order valence-corrected chi connectivity index (χ4v) is 2.52. The van der Waals surface area contributed by atoms with E-state index in [2.05, 4.69) is 38.4 Å². The zero-order chi connectivity index (χ0) is 19.8. The molecule has 0 bridgehead atoms. The summed E-state index contributed by atoms with van der Waals surface area (Å²) in [5.41, 5.74) is 3.85. The third-order valence-electron chi connectivity index (χ3n) is 3.50. The van der Waals surface area contributed by atoms with Gasteiger partial charge in [-0.3, -0.25) is 9.59 Å². The maximum atomic E-state index is 11.9. The molecule has 0 saturated heterocycles. The average molecular weight is 489 g/mol. The van der Waals surface area contributed by atoms with Gasteiger partial charge in [-0.25, -0.2) is 5.43 Å². The van der Waals surface area contributed by atoms with Gasteiger partial charge in [-0.05, 0) is 88.8 Å². The smallest absolute Gasteiger partial charge is 0.307 e. The van der Waals surface area contributed by atoms with Crippen LogP contribution in [-0.2, 0) is 4.79 Å². The number of ether oxygens (including phenoxy) is 1. The van der Waals surface area contributed by atoms with Crippen molar-refractivity contribution in [3.8, 4) is 5.75 Å². The lowest BCUT2D eigenvalue weighted by molar-refractivity contribution is -0.118. The van der Waals surface area contributed by atoms with E-state index >= 15 is 0 Å². The number of hydrogen-bond acceptors (Lipinski definition) is 5. The summed E-state index contributed by atoms with van der Waals surface area (Å²) in [5.74, 6) is 0.0618. The number of rotatable bonds is 7. The van der Waals surface area contributed by atoms with E-state index in [0.717, 1.165) is 14.8 Å². The summed E-state index contributed by atoms with van der Waals surface area (Å²) in [6, 6.07) is 17.6. The second-order valence-corrected chi connectivity index (χ2v) is 6.83. The van der Waals surface area contributed by atoms with Crippen LogP contribution in [0.2, 0.25) is 0 Å². The Morgan fingerprint density at radius 3 is 2.50 bits per heavy atom. The fraction of sp³-hybridized carbons (Fsp3) is 0.0500. The van der Waals surface area contributed by atoms with E-state index in [1.807, 2.05) is 24.3 Å². The van der Waals surface area contributed by atoms with Crippen molar-refractivity contribution in [2.24, 2.45) is 5.10 Å². The molecular formula is C20H16IN3O4. The van der Waals surface area contributed by atoms with Gasteiger partial charge in [0.2, 0.25) is 0 Å². The van der Waals surface area contributed by atoms with E-state index in [0.29, 0.717) is 5.75 Å². The van der Waals surface area contributed by atoms with Gasteiger partial charge in [0.25, 0.3) is 5.91 Å². The van der Waals surface area contributed by atoms with E-state index < -0.39 is 5.91 Å². The van der Waals surface area contributed by atoms with E-state index in [4.69, 9.17) is 9.15 Å². The quantitative estimate of drug-likeness (QED) is 0.301. The van der Waals surface area contributed by atoms with Crippen LogP contribution >= 0.6 is 22.6 Å². The Hall–Kier alpha value is -3.14. The molecule has 1 aromatic heterocycles. The molecule has 2 N–H and O–H groups in total. The molecule has 8 heteroatoms. The highest BCUT2D eigenvalue weighted by Crippen LogP contribution is 2.13. The summed E-state index contributed by atoms with van der Waals surface area (Å²) in [6.45, 7) is -0.0986. The standard InChI is InChI=1S/C20H16IN3O4/c21-15-5-7-16(8-6-15)23-19(25)13-28-17-9-3-14(4-10-17)12-22-24-20(26)18-2-1-11-27-18/h1-12H,13H2,(H,23,25)(H,24,26)/b22-12-. The second-order valence-electron chi connectivity index (χ2n) is 5.59. The molecule has 0 aliphatic rings. The third-order valence-corrected chi connectivity index (χ3v) is 4.22. The van der Waals surface area contributed by atoms with Crippen molar-refractivity contribution in [1.29, 1.82) is 0 Å². The second kappa shape index (κ2) is 9.70. The van der Waals surface area contributed by atoms with Crippen LogP contribution in [0.15, 0.2) is 76.4 Å². The lowest BCUT2D eigenvalue weighted by Crippen LogP contribution is -2.20. The van der Waals surface area contributed by atoms with Crippen LogP contribution in [0.4, 0.5) is 5.69 Å². The van der Waals surface area contributed by atoms with Crippen molar-refractivity contribution in [3.05, 3.63) is 81.8 Å². The number of nitrogens with one attached hydrogen (secondary N) is 2. The molecule has 3 aromatic rings. The number of amides is 2. The highest BCUT2D eigenvalue weighted by atomic mass is 127. The van der Waals surface area contributed by atoms with Crippen molar-refractivity contribution in [3.63, 3.8) is 0 Å². The maximum absolute atomic E-state index is 11.9. The molecule has 0 unspecified atom stereocenters. The molecule has 0 atom stereocenters. The van der Waals surface area contributed by atoms with Crippen molar-refractivity contribution in [2.75, 3.05) is 11.9 Å². The molecule has 1 heterocycles. The van der Waals surface area contributed by atoms with Crippen LogP contribution < -0.4 is 15.5 Å². The van der Waals surface area contributed by atoms with Crippen molar-refractivity contribution in [1.82, 2.24) is 5.43 Å². The minimum Gasteiger partial charge on any atom is -0.484 e. The average Bonchev–Trinajstić information content (AvgIpc) is 3.24. The van der Waals surface area contributed by atoms with Gasteiger partial charge < -0.3 is 14.5 Å². The molecule has 0 radical (unpaired) electrons. The van der Waals surface area contributed by atoms with Crippen LogP contribution in [-0.4, -0.2) is 24.6 Å². The molecule has 0 aliphatic carbocycles. The highest BCUT2D eigenvalue weighted by Gasteiger charge is 2.06. The molecule has 0 aliphatic heterocycles. The van der Waals surface area contributed by atoms with E-state index in [1.165, 1.54) is 12.5 Å². The van der Waals surface area contributed by atoms with E-state index in [-0.39, 0.29) is 18.3 Å². The van der Waals surface area contributed by atoms with Gasteiger partial charge in [-0.1, -0.05) is 0 Å². The van der Waals surface area contributed by atoms with Crippen molar-refractivity contribution < 1.29 is 18.7 Å². The predicted molar refractivity (Wildman–Crippen MR) is 113 cm³/mol. The van der Waals surface area contributed by atoms with Crippen LogP contribution in [0.1, 0.15) is 16.1 Å². The van der Waals surface area contributed by atoms with Gasteiger partial charge in [-0.2, -0.15) is 5.10 Å². The first-order chi connectivity index (χ1) is 13.6. The Morgan fingerprint density at radius 2 is 1.82 bits per heavy atom. The largest absolute Gasteiger partial charge is 0.484 e. The molecule has 2 aromatic carbocycles. The van der Waals surface area contributed by atoms with Gasteiger partial charge in [0, 0.05) is 9.26 Å². The Labute approximate surface area is 174 Å². The van der Waals surface area contributed by atoms with Crippen LogP contribution in [0.3, 0.4) is 0 Å². The summed E-state index contributed by atoms with van der Waals surface area (Å²) in [5, 5.41) is 6.63. The normalized spacial score (nSPS) is 10.6. The number of anilines is 1. The first kappa shape index (κ1) is 19.6. The van der Waals surface area contributed by atoms with Gasteiger partial charge in [0.05, 0.1) is 12.5 Å². The van der Waals surface area contributed by atoms with Crippen LogP contribution in [0, 0.1) is 3.57 Å². The number of halogens is 1. The molecule has 0 spiro atoms. The predicted octanol–water partition coefficient (Wildman–Crippen LogP) is 3.67. The van der Waals surface area contributed by atoms with Crippen LogP contribution in [0.25, 0.3) is 0 Å². The minimum atomic E-state index is -0.430. The van der Waals surface area contributed by atoms with Crippen LogP contribution in [0.5, 0.6) is 5.75 Å². The Bertz CT molecular complexity index is 952. The summed E-state index contributed by atoms with van der Waals surface area (Å²) in [7, 11) is 0. The zero-order valence-electron chi connectivity index (χ0n) is 14.6. The topological polar surface area (TPSA) is 92.9 Å². The zero-order valence-corrected chi connectivity index (χ0v) is 16.8. The summed E-state index contributed by atoms with van der Waals surface area (Å²) in [4.78, 5) is 23.6. The summed E-state index contributed by atoms with van der Waals surface area (Å²) >= 11 is 2.20. The number of nitrogens with zero attached hydrogens (tertiary/aromatic N) is 1. The Kier molecular flexibility index (Phi) is 6.79. The van der Waals surface area contributed by atoms with E-state index in [9.17, 15) is 9.59 Å². The number of carbonyl (C=O) groups is 2. The maximum Gasteiger partial charge on any atom is 0.307 e. The van der Waals surface area contributed by atoms with E-state index in [1.54, 1.807) is 36.4 Å². The molecule has 142 valence electrons. The molecule has 28 heavy (non-hydrogen) atoms. The lowest BCUT2D eigenvalue weighted by atomic mass is 10.2. The third kappa shape index (κ3) is 5.95. The van der Waals surface area contributed by atoms with Gasteiger partial charge in [0.1, 0.15) is 5.75 Å². The number of hydrogen-bond donors (Lipinski definition) is 2. The number of benzene rings is 2. The number of hydrazone groups is 1. The minimum absolute atomic E-state index is 0.0986. The van der Waals surface area contributed by atoms with Crippen molar-refractivity contribution >= 4 is 46.3 Å². The van der Waals surface area contributed by atoms with Gasteiger partial charge >= 0.3 is 5.91 Å². The lowest BCUT2D eigenvalue weighted by Gasteiger charge is -2.08. The summed E-state index contributed by atoms with van der Waals surface area (Å²) in [6.07, 6.45) is 2.91. The molecule has 3 rings (SSSR count). The SMILES string of the molecule is O=C(COc1ccc(/C=N\NC(=O)c2ccco2)cc1)Nc1ccc(I)cc1. The molecule has 0 fully saturated rings. The number of carbonyl (C=O) groups excluding carboxylic acids is 2. The first-order valence-corrected chi connectivity index (χ1v) is 9.33. The highest BCUT2D eigenvalue weighted by molar-refractivity contribution is 14.1. The molecule has 0 saturated carbocycles. The number of furan rings is 1. The molecular weight excluding hydrogens is 473 g/mol. The Morgan fingerprint density at radius 1 is 1.07 bits per heavy atom. The fourth-order valence-electron chi connectivity index (χ4n) is 2.16. The molecule has 2 amide bonds. The van der Waals surface area contributed by atoms with Gasteiger partial charge in [-0.15, -0.1) is 0 Å². The van der Waals surface area contributed by atoms with Crippen molar-refractivity contribution in [2.45, 2.75) is 0 Å².